The molecule has 3 unspecified atom stereocenters. The van der Waals surface area contributed by atoms with E-state index in [4.69, 9.17) is 10.5 Å². The maximum Gasteiger partial charge on any atom is 0.327 e. The molecule has 3 aromatic rings. The number of hydrogen-bond donors (Lipinski definition) is 2. The predicted octanol–water partition coefficient (Wildman–Crippen LogP) is 5.18. The molecule has 0 radical (unpaired) electrons. The number of benzene rings is 2. The Bertz CT molecular complexity index is 1250. The largest absolute Gasteiger partial charge is 0.440 e. The molecule has 2 aromatic carbocycles. The van der Waals surface area contributed by atoms with Crippen LogP contribution < -0.4 is 11.1 Å². The van der Waals surface area contributed by atoms with Gasteiger partial charge in [-0.25, -0.2) is 0 Å². The van der Waals surface area contributed by atoms with E-state index in [1.54, 1.807) is 28.9 Å². The molecule has 4 rings (SSSR count). The van der Waals surface area contributed by atoms with Gasteiger partial charge in [0.2, 0.25) is 0 Å². The zero-order valence-electron chi connectivity index (χ0n) is 21.0. The van der Waals surface area contributed by atoms with Gasteiger partial charge in [-0.2, -0.15) is 11.8 Å². The molecule has 1 saturated heterocycles. The molecule has 8 heteroatoms. The zero-order valence-corrected chi connectivity index (χ0v) is 21.9. The number of anilines is 2. The molecular formula is C29H32N4O3S. The Morgan fingerprint density at radius 3 is 2.62 bits per heavy atom. The minimum Gasteiger partial charge on any atom is -0.440 e. The van der Waals surface area contributed by atoms with Crippen LogP contribution in [0.15, 0.2) is 72.9 Å². The van der Waals surface area contributed by atoms with E-state index in [2.05, 4.69) is 10.3 Å². The van der Waals surface area contributed by atoms with Gasteiger partial charge in [0, 0.05) is 35.3 Å². The van der Waals surface area contributed by atoms with E-state index in [-0.39, 0.29) is 5.91 Å². The normalized spacial score (nSPS) is 19.6. The summed E-state index contributed by atoms with van der Waals surface area (Å²) in [6, 6.07) is 19.8. The highest BCUT2D eigenvalue weighted by Crippen LogP contribution is 2.27. The minimum absolute atomic E-state index is 0.198. The number of cyclic esters (lactones) is 1. The van der Waals surface area contributed by atoms with Gasteiger partial charge in [0.25, 0.3) is 5.91 Å². The Hall–Kier alpha value is -3.62. The number of pyridine rings is 1. The molecule has 0 spiro atoms. The summed E-state index contributed by atoms with van der Waals surface area (Å²) in [7, 11) is 0. The smallest absolute Gasteiger partial charge is 0.327 e. The van der Waals surface area contributed by atoms with Gasteiger partial charge in [0.15, 0.2) is 6.23 Å². The summed E-state index contributed by atoms with van der Waals surface area (Å²) in [5, 5.41) is 3.39. The standard InChI is InChI=1S/C29H32N4O3S/c1-3-8-26-33(25(19-37-2)27(30)29(35)36-26)28(34)21-10-7-13-24(18-21)32-23-12-6-9-20(17-23)14-15-22-11-4-5-16-31-22/h4-7,9-18,25-27,32H,3,8,19,30H2,1-2H3/b15-14+. The molecular weight excluding hydrogens is 484 g/mol. The van der Waals surface area contributed by atoms with E-state index < -0.39 is 24.3 Å². The van der Waals surface area contributed by atoms with Crippen molar-refractivity contribution in [3.63, 3.8) is 0 Å². The minimum atomic E-state index is -0.868. The Labute approximate surface area is 222 Å². The second-order valence-electron chi connectivity index (χ2n) is 8.86. The summed E-state index contributed by atoms with van der Waals surface area (Å²) in [6.07, 6.45) is 8.39. The quantitative estimate of drug-likeness (QED) is 0.378. The fourth-order valence-electron chi connectivity index (χ4n) is 4.32. The second kappa shape index (κ2) is 12.6. The summed E-state index contributed by atoms with van der Waals surface area (Å²) in [6.45, 7) is 2.00. The van der Waals surface area contributed by atoms with Gasteiger partial charge in [0.1, 0.15) is 6.04 Å². The van der Waals surface area contributed by atoms with E-state index in [9.17, 15) is 9.59 Å². The van der Waals surface area contributed by atoms with Crippen LogP contribution in [-0.4, -0.2) is 52.1 Å². The average Bonchev–Trinajstić information content (AvgIpc) is 2.91. The highest BCUT2D eigenvalue weighted by Gasteiger charge is 2.44. The molecule has 192 valence electrons. The zero-order chi connectivity index (χ0) is 26.2. The third-order valence-electron chi connectivity index (χ3n) is 6.13. The molecule has 1 amide bonds. The molecule has 1 aliphatic heterocycles. The lowest BCUT2D eigenvalue weighted by atomic mass is 10.0. The maximum absolute atomic E-state index is 13.7. The van der Waals surface area contributed by atoms with Crippen molar-refractivity contribution in [1.29, 1.82) is 0 Å². The number of hydrogen-bond acceptors (Lipinski definition) is 7. The molecule has 1 fully saturated rings. The lowest BCUT2D eigenvalue weighted by Crippen LogP contribution is -2.64. The van der Waals surface area contributed by atoms with Crippen LogP contribution >= 0.6 is 11.8 Å². The van der Waals surface area contributed by atoms with Crippen LogP contribution in [0.3, 0.4) is 0 Å². The SMILES string of the molecule is CCCC1OC(=O)C(N)C(CSC)N1C(=O)c1cccc(Nc2cccc(/C=C/c3ccccn3)c2)c1. The molecule has 37 heavy (non-hydrogen) atoms. The van der Waals surface area contributed by atoms with Crippen LogP contribution in [0.4, 0.5) is 11.4 Å². The summed E-state index contributed by atoms with van der Waals surface area (Å²) in [5.41, 5.74) is 10.3. The van der Waals surface area contributed by atoms with Crippen molar-refractivity contribution in [2.45, 2.75) is 38.1 Å². The monoisotopic (exact) mass is 516 g/mol. The van der Waals surface area contributed by atoms with Crippen molar-refractivity contribution in [3.05, 3.63) is 89.7 Å². The van der Waals surface area contributed by atoms with Crippen molar-refractivity contribution in [2.24, 2.45) is 5.73 Å². The summed E-state index contributed by atoms with van der Waals surface area (Å²) in [4.78, 5) is 32.1. The second-order valence-corrected chi connectivity index (χ2v) is 9.77. The van der Waals surface area contributed by atoms with Crippen LogP contribution in [-0.2, 0) is 9.53 Å². The van der Waals surface area contributed by atoms with Crippen LogP contribution in [0.1, 0.15) is 41.4 Å². The number of nitrogens with zero attached hydrogens (tertiary/aromatic N) is 2. The fraction of sp³-hybridized carbons (Fsp3) is 0.276. The van der Waals surface area contributed by atoms with E-state index in [1.807, 2.05) is 86.0 Å². The predicted molar refractivity (Wildman–Crippen MR) is 150 cm³/mol. The van der Waals surface area contributed by atoms with Gasteiger partial charge in [-0.15, -0.1) is 0 Å². The number of thioether (sulfide) groups is 1. The molecule has 7 nitrogen and oxygen atoms in total. The summed E-state index contributed by atoms with van der Waals surface area (Å²) in [5.74, 6) is -0.0935. The Kier molecular flexibility index (Phi) is 8.98. The molecule has 1 aliphatic rings. The van der Waals surface area contributed by atoms with Gasteiger partial charge in [-0.05, 0) is 60.4 Å². The van der Waals surface area contributed by atoms with Gasteiger partial charge in [0.05, 0.1) is 11.7 Å². The molecule has 0 bridgehead atoms. The number of nitrogens with one attached hydrogen (secondary N) is 1. The van der Waals surface area contributed by atoms with Gasteiger partial charge in [-0.1, -0.05) is 43.7 Å². The lowest BCUT2D eigenvalue weighted by Gasteiger charge is -2.43. The Morgan fingerprint density at radius 2 is 1.89 bits per heavy atom. The van der Waals surface area contributed by atoms with E-state index in [1.165, 1.54) is 0 Å². The lowest BCUT2D eigenvalue weighted by molar-refractivity contribution is -0.173. The van der Waals surface area contributed by atoms with Crippen molar-refractivity contribution < 1.29 is 14.3 Å². The number of aromatic nitrogens is 1. The van der Waals surface area contributed by atoms with Gasteiger partial charge < -0.3 is 15.8 Å². The van der Waals surface area contributed by atoms with Crippen molar-refractivity contribution >= 4 is 47.2 Å². The first-order valence-electron chi connectivity index (χ1n) is 12.3. The van der Waals surface area contributed by atoms with Gasteiger partial charge >= 0.3 is 5.97 Å². The van der Waals surface area contributed by atoms with Crippen molar-refractivity contribution in [1.82, 2.24) is 9.88 Å². The third-order valence-corrected chi connectivity index (χ3v) is 6.81. The maximum atomic E-state index is 13.7. The first-order chi connectivity index (χ1) is 18.0. The topological polar surface area (TPSA) is 97.5 Å². The number of carbonyl (C=O) groups excluding carboxylic acids is 2. The summed E-state index contributed by atoms with van der Waals surface area (Å²) < 4.78 is 5.57. The van der Waals surface area contributed by atoms with Gasteiger partial charge in [-0.3, -0.25) is 19.5 Å². The van der Waals surface area contributed by atoms with Crippen molar-refractivity contribution in [2.75, 3.05) is 17.3 Å². The number of amides is 1. The molecule has 3 N–H and O–H groups in total. The van der Waals surface area contributed by atoms with E-state index in [0.717, 1.165) is 29.1 Å². The van der Waals surface area contributed by atoms with Crippen LogP contribution in [0, 0.1) is 0 Å². The van der Waals surface area contributed by atoms with E-state index >= 15 is 0 Å². The highest BCUT2D eigenvalue weighted by atomic mass is 32.2. The number of ether oxygens (including phenoxy) is 1. The molecule has 0 saturated carbocycles. The van der Waals surface area contributed by atoms with Crippen LogP contribution in [0.2, 0.25) is 0 Å². The number of nitrogens with two attached hydrogens (primary N) is 1. The average molecular weight is 517 g/mol. The fourth-order valence-corrected chi connectivity index (χ4v) is 5.03. The summed E-state index contributed by atoms with van der Waals surface area (Å²) >= 11 is 1.56. The van der Waals surface area contributed by atoms with E-state index in [0.29, 0.717) is 17.7 Å². The number of rotatable bonds is 9. The Morgan fingerprint density at radius 1 is 1.11 bits per heavy atom. The highest BCUT2D eigenvalue weighted by molar-refractivity contribution is 7.98. The van der Waals surface area contributed by atoms with Crippen LogP contribution in [0.5, 0.6) is 0 Å². The van der Waals surface area contributed by atoms with Crippen molar-refractivity contribution in [3.8, 4) is 0 Å². The molecule has 1 aromatic heterocycles. The molecule has 2 heterocycles. The third kappa shape index (κ3) is 6.58. The molecule has 0 aliphatic carbocycles. The first kappa shape index (κ1) is 26.4. The van der Waals surface area contributed by atoms with Crippen LogP contribution in [0.25, 0.3) is 12.2 Å². The molecule has 3 atom stereocenters. The number of carbonyl (C=O) groups is 2. The number of esters is 1. The Balaban J connectivity index is 1.54. The first-order valence-corrected chi connectivity index (χ1v) is 13.7.